The minimum atomic E-state index is -1.14. The third-order valence-electron chi connectivity index (χ3n) is 2.16. The second-order valence-corrected chi connectivity index (χ2v) is 3.61. The van der Waals surface area contributed by atoms with Gasteiger partial charge < -0.3 is 9.64 Å². The molecular formula is C8H11BrFNO3. The van der Waals surface area contributed by atoms with Gasteiger partial charge in [-0.1, -0.05) is 15.9 Å². The largest absolute Gasteiger partial charge is 0.467 e. The quantitative estimate of drug-likeness (QED) is 0.541. The summed E-state index contributed by atoms with van der Waals surface area (Å²) in [5.74, 6) is -0.847. The minimum Gasteiger partial charge on any atom is -0.467 e. The maximum Gasteiger partial charge on any atom is 0.328 e. The van der Waals surface area contributed by atoms with Crippen LogP contribution < -0.4 is 0 Å². The predicted molar refractivity (Wildman–Crippen MR) is 50.8 cm³/mol. The average Bonchev–Trinajstić information content (AvgIpc) is 2.58. The van der Waals surface area contributed by atoms with Crippen LogP contribution in [0.4, 0.5) is 4.39 Å². The molecule has 1 saturated heterocycles. The van der Waals surface area contributed by atoms with E-state index in [9.17, 15) is 14.0 Å². The summed E-state index contributed by atoms with van der Waals surface area (Å²) in [6, 6.07) is -0.764. The molecule has 0 aromatic rings. The number of esters is 1. The lowest BCUT2D eigenvalue weighted by atomic mass is 10.2. The van der Waals surface area contributed by atoms with Gasteiger partial charge in [0.15, 0.2) is 0 Å². The van der Waals surface area contributed by atoms with E-state index >= 15 is 0 Å². The van der Waals surface area contributed by atoms with Gasteiger partial charge in [-0.2, -0.15) is 0 Å². The standard InChI is InChI=1S/C8H11BrFNO3/c1-14-8(13)6-2-5(10)4-11(6)7(12)3-9/h5-6H,2-4H2,1H3/t5-,6-/m1/s1. The molecule has 0 N–H and O–H groups in total. The summed E-state index contributed by atoms with van der Waals surface area (Å²) in [4.78, 5) is 23.7. The van der Waals surface area contributed by atoms with Gasteiger partial charge in [-0.15, -0.1) is 0 Å². The zero-order chi connectivity index (χ0) is 10.7. The molecule has 1 amide bonds. The van der Waals surface area contributed by atoms with E-state index in [4.69, 9.17) is 0 Å². The molecule has 80 valence electrons. The van der Waals surface area contributed by atoms with Crippen molar-refractivity contribution in [1.29, 1.82) is 0 Å². The molecule has 0 aromatic carbocycles. The van der Waals surface area contributed by atoms with Crippen LogP contribution in [0, 0.1) is 0 Å². The van der Waals surface area contributed by atoms with Gasteiger partial charge >= 0.3 is 5.97 Å². The Labute approximate surface area is 89.5 Å². The van der Waals surface area contributed by atoms with Crippen molar-refractivity contribution in [3.8, 4) is 0 Å². The van der Waals surface area contributed by atoms with E-state index in [1.165, 1.54) is 12.0 Å². The summed E-state index contributed by atoms with van der Waals surface area (Å²) in [7, 11) is 1.23. The van der Waals surface area contributed by atoms with Gasteiger partial charge in [-0.25, -0.2) is 9.18 Å². The maximum absolute atomic E-state index is 13.0. The Hall–Kier alpha value is -0.650. The number of methoxy groups -OCH3 is 1. The molecule has 0 aliphatic carbocycles. The first-order valence-corrected chi connectivity index (χ1v) is 5.29. The zero-order valence-corrected chi connectivity index (χ0v) is 9.29. The highest BCUT2D eigenvalue weighted by Crippen LogP contribution is 2.21. The summed E-state index contributed by atoms with van der Waals surface area (Å²) in [6.45, 7) is -0.0236. The lowest BCUT2D eigenvalue weighted by Crippen LogP contribution is -2.41. The Kier molecular flexibility index (Phi) is 3.86. The number of amides is 1. The highest BCUT2D eigenvalue weighted by atomic mass is 79.9. The second kappa shape index (κ2) is 4.72. The van der Waals surface area contributed by atoms with Crippen molar-refractivity contribution in [2.24, 2.45) is 0 Å². The minimum absolute atomic E-state index is 0.0236. The predicted octanol–water partition coefficient (Wildman–Crippen LogP) is 0.493. The Balaban J connectivity index is 2.72. The van der Waals surface area contributed by atoms with Crippen molar-refractivity contribution in [3.05, 3.63) is 0 Å². The Bertz CT molecular complexity index is 225. The number of halogens is 2. The van der Waals surface area contributed by atoms with Gasteiger partial charge in [0.2, 0.25) is 5.91 Å². The fourth-order valence-corrected chi connectivity index (χ4v) is 1.82. The van der Waals surface area contributed by atoms with E-state index < -0.39 is 18.2 Å². The van der Waals surface area contributed by atoms with Crippen LogP contribution in [0.3, 0.4) is 0 Å². The molecule has 0 unspecified atom stereocenters. The molecule has 6 heteroatoms. The fraction of sp³-hybridized carbons (Fsp3) is 0.750. The van der Waals surface area contributed by atoms with E-state index in [1.807, 2.05) is 0 Å². The van der Waals surface area contributed by atoms with Gasteiger partial charge in [0.25, 0.3) is 0 Å². The molecule has 0 aromatic heterocycles. The highest BCUT2D eigenvalue weighted by molar-refractivity contribution is 9.09. The molecule has 0 radical (unpaired) electrons. The van der Waals surface area contributed by atoms with Crippen molar-refractivity contribution in [2.45, 2.75) is 18.6 Å². The third-order valence-corrected chi connectivity index (χ3v) is 2.64. The summed E-state index contributed by atoms with van der Waals surface area (Å²) in [5, 5.41) is 0.0905. The van der Waals surface area contributed by atoms with Crippen LogP contribution in [0.1, 0.15) is 6.42 Å². The molecule has 2 atom stereocenters. The van der Waals surface area contributed by atoms with E-state index in [1.54, 1.807) is 0 Å². The van der Waals surface area contributed by atoms with Crippen LogP contribution in [0.15, 0.2) is 0 Å². The molecule has 0 bridgehead atoms. The Morgan fingerprint density at radius 1 is 1.64 bits per heavy atom. The number of likely N-dealkylation sites (tertiary alicyclic amines) is 1. The smallest absolute Gasteiger partial charge is 0.328 e. The average molecular weight is 268 g/mol. The lowest BCUT2D eigenvalue weighted by molar-refractivity contribution is -0.150. The van der Waals surface area contributed by atoms with Crippen LogP contribution in [-0.4, -0.2) is 48.0 Å². The number of carbonyl (C=O) groups is 2. The summed E-state index contributed by atoms with van der Waals surface area (Å²) in [5.41, 5.74) is 0. The van der Waals surface area contributed by atoms with E-state index in [0.29, 0.717) is 0 Å². The summed E-state index contributed by atoms with van der Waals surface area (Å²) >= 11 is 2.98. The summed E-state index contributed by atoms with van der Waals surface area (Å²) in [6.07, 6.45) is -1.10. The van der Waals surface area contributed by atoms with Crippen molar-refractivity contribution in [2.75, 3.05) is 19.0 Å². The van der Waals surface area contributed by atoms with Gasteiger partial charge in [0, 0.05) is 6.42 Å². The monoisotopic (exact) mass is 267 g/mol. The van der Waals surface area contributed by atoms with Crippen LogP contribution in [0.25, 0.3) is 0 Å². The number of ether oxygens (including phenoxy) is 1. The number of hydrogen-bond acceptors (Lipinski definition) is 3. The van der Waals surface area contributed by atoms with Crippen molar-refractivity contribution < 1.29 is 18.7 Å². The Morgan fingerprint density at radius 3 is 2.79 bits per heavy atom. The van der Waals surface area contributed by atoms with Crippen LogP contribution >= 0.6 is 15.9 Å². The molecule has 14 heavy (non-hydrogen) atoms. The van der Waals surface area contributed by atoms with Crippen LogP contribution in [0.5, 0.6) is 0 Å². The molecule has 0 spiro atoms. The number of nitrogens with zero attached hydrogens (tertiary/aromatic N) is 1. The molecule has 4 nitrogen and oxygen atoms in total. The molecule has 1 aliphatic rings. The second-order valence-electron chi connectivity index (χ2n) is 3.05. The molecule has 1 aliphatic heterocycles. The third kappa shape index (κ3) is 2.23. The first-order chi connectivity index (χ1) is 6.60. The lowest BCUT2D eigenvalue weighted by Gasteiger charge is -2.20. The van der Waals surface area contributed by atoms with Gasteiger partial charge in [-0.05, 0) is 0 Å². The van der Waals surface area contributed by atoms with E-state index in [2.05, 4.69) is 20.7 Å². The van der Waals surface area contributed by atoms with Crippen LogP contribution in [-0.2, 0) is 14.3 Å². The van der Waals surface area contributed by atoms with Gasteiger partial charge in [0.1, 0.15) is 12.2 Å². The number of hydrogen-bond donors (Lipinski definition) is 0. The van der Waals surface area contributed by atoms with E-state index in [-0.39, 0.29) is 24.2 Å². The normalized spacial score (nSPS) is 26.4. The molecule has 1 heterocycles. The number of rotatable bonds is 2. The van der Waals surface area contributed by atoms with Crippen molar-refractivity contribution in [1.82, 2.24) is 4.90 Å². The first-order valence-electron chi connectivity index (χ1n) is 4.17. The van der Waals surface area contributed by atoms with Crippen molar-refractivity contribution in [3.63, 3.8) is 0 Å². The molecule has 1 fully saturated rings. The molecular weight excluding hydrogens is 257 g/mol. The topological polar surface area (TPSA) is 46.6 Å². The first kappa shape index (κ1) is 11.4. The molecule has 0 saturated carbocycles. The van der Waals surface area contributed by atoms with Gasteiger partial charge in [0.05, 0.1) is 19.0 Å². The maximum atomic E-state index is 13.0. The SMILES string of the molecule is COC(=O)[C@H]1C[C@@H](F)CN1C(=O)CBr. The zero-order valence-electron chi connectivity index (χ0n) is 7.70. The number of alkyl halides is 2. The van der Waals surface area contributed by atoms with Crippen molar-refractivity contribution >= 4 is 27.8 Å². The number of carbonyl (C=O) groups excluding carboxylic acids is 2. The fourth-order valence-electron chi connectivity index (χ4n) is 1.50. The molecule has 1 rings (SSSR count). The summed E-state index contributed by atoms with van der Waals surface area (Å²) < 4.78 is 17.5. The highest BCUT2D eigenvalue weighted by Gasteiger charge is 2.39. The Morgan fingerprint density at radius 2 is 2.29 bits per heavy atom. The van der Waals surface area contributed by atoms with E-state index in [0.717, 1.165) is 0 Å². The van der Waals surface area contributed by atoms with Crippen LogP contribution in [0.2, 0.25) is 0 Å². The van der Waals surface area contributed by atoms with Gasteiger partial charge in [-0.3, -0.25) is 4.79 Å².